The van der Waals surface area contributed by atoms with Crippen molar-refractivity contribution in [2.75, 3.05) is 64.1 Å². The van der Waals surface area contributed by atoms with Crippen molar-refractivity contribution in [3.63, 3.8) is 0 Å². The molecule has 3 heterocycles. The molecule has 0 radical (unpaired) electrons. The van der Waals surface area contributed by atoms with Crippen molar-refractivity contribution in [2.45, 2.75) is 25.8 Å². The van der Waals surface area contributed by atoms with E-state index in [4.69, 9.17) is 15.5 Å². The number of para-hydroxylation sites is 1. The second kappa shape index (κ2) is 8.59. The number of aryl methyl sites for hydroxylation is 1. The molecule has 1 aromatic heterocycles. The van der Waals surface area contributed by atoms with Crippen LogP contribution in [0.5, 0.6) is 5.88 Å². The van der Waals surface area contributed by atoms with Crippen LogP contribution in [0.3, 0.4) is 0 Å². The zero-order chi connectivity index (χ0) is 20.4. The third-order valence-electron chi connectivity index (χ3n) is 6.41. The number of piperidine rings is 1. The topological polar surface area (TPSA) is 57.9 Å². The van der Waals surface area contributed by atoms with E-state index in [9.17, 15) is 0 Å². The van der Waals surface area contributed by atoms with E-state index in [0.717, 1.165) is 35.7 Å². The average molecular weight is 396 g/mol. The minimum Gasteiger partial charge on any atom is -0.480 e. The summed E-state index contributed by atoms with van der Waals surface area (Å²) in [5.74, 6) is 1.68. The van der Waals surface area contributed by atoms with Crippen LogP contribution in [0.25, 0.3) is 11.1 Å². The molecule has 29 heavy (non-hydrogen) atoms. The average Bonchev–Trinajstić information content (AvgIpc) is 2.75. The number of hydrogen-bond donors (Lipinski definition) is 1. The number of aromatic nitrogens is 1. The first kappa shape index (κ1) is 20.0. The fourth-order valence-corrected chi connectivity index (χ4v) is 4.63. The lowest BCUT2D eigenvalue weighted by molar-refractivity contribution is 0.0981. The lowest BCUT2D eigenvalue weighted by Gasteiger charge is -2.42. The Bertz CT molecular complexity index is 839. The number of pyridine rings is 1. The van der Waals surface area contributed by atoms with E-state index in [1.807, 2.05) is 24.3 Å². The SMILES string of the molecule is COc1nc(N2CCC(N3CCN(C)CC3)CC2)c(C)cc1-c1ccccc1N. The van der Waals surface area contributed by atoms with E-state index in [2.05, 4.69) is 34.7 Å². The zero-order valence-electron chi connectivity index (χ0n) is 17.9. The van der Waals surface area contributed by atoms with E-state index in [1.165, 1.54) is 44.6 Å². The van der Waals surface area contributed by atoms with Gasteiger partial charge in [-0.1, -0.05) is 18.2 Å². The summed E-state index contributed by atoms with van der Waals surface area (Å²) in [5, 5.41) is 0. The molecule has 6 heteroatoms. The van der Waals surface area contributed by atoms with Gasteiger partial charge in [0.05, 0.1) is 7.11 Å². The maximum atomic E-state index is 6.20. The molecule has 0 atom stereocenters. The lowest BCUT2D eigenvalue weighted by Crippen LogP contribution is -2.52. The van der Waals surface area contributed by atoms with Crippen molar-refractivity contribution in [1.29, 1.82) is 0 Å². The molecule has 0 bridgehead atoms. The first-order valence-corrected chi connectivity index (χ1v) is 10.6. The summed E-state index contributed by atoms with van der Waals surface area (Å²) in [6, 6.07) is 10.8. The van der Waals surface area contributed by atoms with Gasteiger partial charge in [0.15, 0.2) is 0 Å². The van der Waals surface area contributed by atoms with Crippen molar-refractivity contribution in [2.24, 2.45) is 0 Å². The van der Waals surface area contributed by atoms with Gasteiger partial charge in [-0.05, 0) is 44.5 Å². The third kappa shape index (κ3) is 4.19. The molecule has 2 aromatic rings. The van der Waals surface area contributed by atoms with Crippen molar-refractivity contribution in [3.8, 4) is 17.0 Å². The molecule has 0 saturated carbocycles. The molecule has 6 nitrogen and oxygen atoms in total. The van der Waals surface area contributed by atoms with E-state index >= 15 is 0 Å². The highest BCUT2D eigenvalue weighted by Gasteiger charge is 2.28. The normalized spacial score (nSPS) is 19.5. The van der Waals surface area contributed by atoms with Crippen LogP contribution in [-0.4, -0.2) is 74.3 Å². The summed E-state index contributed by atoms with van der Waals surface area (Å²) in [4.78, 5) is 12.4. The van der Waals surface area contributed by atoms with Crippen LogP contribution in [0.4, 0.5) is 11.5 Å². The lowest BCUT2D eigenvalue weighted by atomic mass is 10.0. The highest BCUT2D eigenvalue weighted by atomic mass is 16.5. The van der Waals surface area contributed by atoms with Crippen LogP contribution in [0, 0.1) is 6.92 Å². The molecule has 2 aliphatic rings. The highest BCUT2D eigenvalue weighted by molar-refractivity contribution is 5.80. The molecule has 156 valence electrons. The van der Waals surface area contributed by atoms with Crippen molar-refractivity contribution in [3.05, 3.63) is 35.9 Å². The maximum Gasteiger partial charge on any atom is 0.223 e. The molecule has 0 spiro atoms. The molecular formula is C23H33N5O. The van der Waals surface area contributed by atoms with Crippen LogP contribution >= 0.6 is 0 Å². The second-order valence-electron chi connectivity index (χ2n) is 8.33. The van der Waals surface area contributed by atoms with Gasteiger partial charge < -0.3 is 20.3 Å². The van der Waals surface area contributed by atoms with Crippen molar-refractivity contribution >= 4 is 11.5 Å². The van der Waals surface area contributed by atoms with Gasteiger partial charge in [-0.3, -0.25) is 4.90 Å². The predicted octanol–water partition coefficient (Wildman–Crippen LogP) is 2.86. The highest BCUT2D eigenvalue weighted by Crippen LogP contribution is 2.36. The van der Waals surface area contributed by atoms with Gasteiger partial charge in [0.1, 0.15) is 5.82 Å². The third-order valence-corrected chi connectivity index (χ3v) is 6.41. The molecular weight excluding hydrogens is 362 g/mol. The van der Waals surface area contributed by atoms with Gasteiger partial charge in [-0.2, -0.15) is 4.98 Å². The van der Waals surface area contributed by atoms with Crippen LogP contribution in [0.2, 0.25) is 0 Å². The van der Waals surface area contributed by atoms with E-state index < -0.39 is 0 Å². The fourth-order valence-electron chi connectivity index (χ4n) is 4.63. The number of methoxy groups -OCH3 is 1. The molecule has 2 fully saturated rings. The minimum absolute atomic E-state index is 0.643. The quantitative estimate of drug-likeness (QED) is 0.804. The smallest absolute Gasteiger partial charge is 0.223 e. The van der Waals surface area contributed by atoms with Gasteiger partial charge in [-0.25, -0.2) is 0 Å². The predicted molar refractivity (Wildman–Crippen MR) is 120 cm³/mol. The number of benzene rings is 1. The van der Waals surface area contributed by atoms with E-state index in [0.29, 0.717) is 11.9 Å². The number of likely N-dealkylation sites (N-methyl/N-ethyl adjacent to an activating group) is 1. The van der Waals surface area contributed by atoms with E-state index in [1.54, 1.807) is 7.11 Å². The summed E-state index contributed by atoms with van der Waals surface area (Å²) < 4.78 is 5.66. The Balaban J connectivity index is 1.50. The molecule has 0 unspecified atom stereocenters. The Hall–Kier alpha value is -2.31. The molecule has 2 N–H and O–H groups in total. The van der Waals surface area contributed by atoms with Crippen molar-refractivity contribution < 1.29 is 4.74 Å². The summed E-state index contributed by atoms with van der Waals surface area (Å²) >= 11 is 0. The fraction of sp³-hybridized carbons (Fsp3) is 0.522. The van der Waals surface area contributed by atoms with Crippen molar-refractivity contribution in [1.82, 2.24) is 14.8 Å². The number of nitrogens with two attached hydrogens (primary N) is 1. The number of hydrogen-bond acceptors (Lipinski definition) is 6. The molecule has 0 amide bonds. The maximum absolute atomic E-state index is 6.20. The first-order valence-electron chi connectivity index (χ1n) is 10.6. The van der Waals surface area contributed by atoms with Crippen LogP contribution in [0.15, 0.2) is 30.3 Å². The Morgan fingerprint density at radius 2 is 1.69 bits per heavy atom. The summed E-state index contributed by atoms with van der Waals surface area (Å²) in [5.41, 5.74) is 10.0. The molecule has 2 aliphatic heterocycles. The van der Waals surface area contributed by atoms with Gasteiger partial charge in [0.2, 0.25) is 5.88 Å². The molecule has 4 rings (SSSR count). The second-order valence-corrected chi connectivity index (χ2v) is 8.33. The summed E-state index contributed by atoms with van der Waals surface area (Å²) in [7, 11) is 3.90. The van der Waals surface area contributed by atoms with Gasteiger partial charge in [0, 0.05) is 62.1 Å². The largest absolute Gasteiger partial charge is 0.480 e. The number of anilines is 2. The van der Waals surface area contributed by atoms with Gasteiger partial charge >= 0.3 is 0 Å². The standard InChI is InChI=1S/C23H33N5O/c1-17-16-20(19-6-4-5-7-21(19)24)23(29-3)25-22(17)28-10-8-18(9-11-28)27-14-12-26(2)13-15-27/h4-7,16,18H,8-15,24H2,1-3H3. The first-order chi connectivity index (χ1) is 14.1. The van der Waals surface area contributed by atoms with Gasteiger partial charge in [-0.15, -0.1) is 0 Å². The number of ether oxygens (including phenoxy) is 1. The van der Waals surface area contributed by atoms with E-state index in [-0.39, 0.29) is 0 Å². The number of nitrogens with zero attached hydrogens (tertiary/aromatic N) is 4. The Morgan fingerprint density at radius 3 is 2.34 bits per heavy atom. The number of rotatable bonds is 4. The minimum atomic E-state index is 0.643. The zero-order valence-corrected chi connectivity index (χ0v) is 17.9. The molecule has 1 aromatic carbocycles. The summed E-state index contributed by atoms with van der Waals surface area (Å²) in [6.07, 6.45) is 2.39. The van der Waals surface area contributed by atoms with Crippen LogP contribution < -0.4 is 15.4 Å². The Labute approximate surface area is 174 Å². The Morgan fingerprint density at radius 1 is 1.00 bits per heavy atom. The monoisotopic (exact) mass is 395 g/mol. The number of nitrogen functional groups attached to an aromatic ring is 1. The van der Waals surface area contributed by atoms with Gasteiger partial charge in [0.25, 0.3) is 0 Å². The van der Waals surface area contributed by atoms with Crippen LogP contribution in [0.1, 0.15) is 18.4 Å². The molecule has 0 aliphatic carbocycles. The molecule has 2 saturated heterocycles. The van der Waals surface area contributed by atoms with Crippen LogP contribution in [-0.2, 0) is 0 Å². The number of piperazine rings is 1. The summed E-state index contributed by atoms with van der Waals surface area (Å²) in [6.45, 7) is 8.97. The Kier molecular flexibility index (Phi) is 5.92.